The molecule has 1 aliphatic heterocycles. The van der Waals surface area contributed by atoms with E-state index in [1.165, 1.54) is 35.7 Å². The Morgan fingerprint density at radius 1 is 0.939 bits per heavy atom. The highest BCUT2D eigenvalue weighted by Crippen LogP contribution is 2.33. The first kappa shape index (κ1) is 23.2. The highest BCUT2D eigenvalue weighted by Gasteiger charge is 2.35. The third-order valence-corrected chi connectivity index (χ3v) is 7.07. The molecule has 1 N–H and O–H groups in total. The molecular weight excluding hydrogens is 450 g/mol. The molecule has 33 heavy (non-hydrogen) atoms. The fraction of sp³-hybridized carbons (Fsp3) is 0.250. The summed E-state index contributed by atoms with van der Waals surface area (Å²) in [4.78, 5) is 0. The van der Waals surface area contributed by atoms with E-state index in [9.17, 15) is 17.2 Å². The minimum Gasteiger partial charge on any atom is -0.497 e. The molecule has 3 aromatic rings. The van der Waals surface area contributed by atoms with Crippen LogP contribution < -0.4 is 9.46 Å². The summed E-state index contributed by atoms with van der Waals surface area (Å²) in [7, 11) is -2.32. The van der Waals surface area contributed by atoms with Crippen molar-refractivity contribution >= 4 is 15.9 Å². The lowest BCUT2D eigenvalue weighted by atomic mass is 9.86. The average Bonchev–Trinajstić information content (AvgIpc) is 2.82. The van der Waals surface area contributed by atoms with Crippen molar-refractivity contribution < 1.29 is 26.7 Å². The number of nitrogens with zero attached hydrogens (tertiary/aromatic N) is 1. The number of rotatable bonds is 7. The lowest BCUT2D eigenvalue weighted by Crippen LogP contribution is -2.49. The van der Waals surface area contributed by atoms with Crippen molar-refractivity contribution in [1.82, 2.24) is 4.31 Å². The van der Waals surface area contributed by atoms with Gasteiger partial charge in [-0.15, -0.1) is 0 Å². The van der Waals surface area contributed by atoms with Crippen LogP contribution in [0.15, 0.2) is 72.8 Å². The van der Waals surface area contributed by atoms with Crippen LogP contribution in [0.4, 0.5) is 14.5 Å². The Balaban J connectivity index is 1.59. The predicted molar refractivity (Wildman–Crippen MR) is 121 cm³/mol. The van der Waals surface area contributed by atoms with Gasteiger partial charge in [0.15, 0.2) is 0 Å². The molecular formula is C24H24F2N2O4S. The number of morpholine rings is 1. The maximum atomic E-state index is 13.5. The minimum atomic E-state index is -3.86. The third-order valence-electron chi connectivity index (χ3n) is 5.56. The molecule has 0 aromatic heterocycles. The second kappa shape index (κ2) is 9.86. The maximum absolute atomic E-state index is 13.5. The summed E-state index contributed by atoms with van der Waals surface area (Å²) in [5, 5.41) is 0. The van der Waals surface area contributed by atoms with Gasteiger partial charge in [0.2, 0.25) is 0 Å². The molecule has 6 nitrogen and oxygen atoms in total. The van der Waals surface area contributed by atoms with Crippen molar-refractivity contribution in [3.8, 4) is 5.75 Å². The van der Waals surface area contributed by atoms with Crippen molar-refractivity contribution in [2.75, 3.05) is 31.5 Å². The first-order chi connectivity index (χ1) is 15.9. The molecule has 0 radical (unpaired) electrons. The summed E-state index contributed by atoms with van der Waals surface area (Å²) < 4.78 is 68.2. The molecule has 174 valence electrons. The molecule has 0 bridgehead atoms. The van der Waals surface area contributed by atoms with Crippen LogP contribution in [0.2, 0.25) is 0 Å². The Kier molecular flexibility index (Phi) is 6.92. The van der Waals surface area contributed by atoms with Gasteiger partial charge in [0.25, 0.3) is 0 Å². The van der Waals surface area contributed by atoms with Crippen LogP contribution in [0, 0.1) is 11.6 Å². The van der Waals surface area contributed by atoms with E-state index in [0.29, 0.717) is 11.4 Å². The largest absolute Gasteiger partial charge is 0.497 e. The van der Waals surface area contributed by atoms with Crippen molar-refractivity contribution in [2.45, 2.75) is 12.0 Å². The summed E-state index contributed by atoms with van der Waals surface area (Å²) in [6.07, 6.45) is -0.554. The maximum Gasteiger partial charge on any atom is 0.301 e. The lowest BCUT2D eigenvalue weighted by molar-refractivity contribution is -0.00977. The first-order valence-corrected chi connectivity index (χ1v) is 11.8. The van der Waals surface area contributed by atoms with Crippen LogP contribution in [0.1, 0.15) is 17.0 Å². The van der Waals surface area contributed by atoms with Crippen LogP contribution in [0.5, 0.6) is 5.75 Å². The normalized spacial score (nSPS) is 17.2. The van der Waals surface area contributed by atoms with Crippen molar-refractivity contribution in [2.24, 2.45) is 0 Å². The van der Waals surface area contributed by atoms with Gasteiger partial charge in [-0.3, -0.25) is 4.72 Å². The second-order valence-electron chi connectivity index (χ2n) is 7.68. The Morgan fingerprint density at radius 2 is 1.48 bits per heavy atom. The minimum absolute atomic E-state index is 0.0743. The number of hydrogen-bond donors (Lipinski definition) is 1. The van der Waals surface area contributed by atoms with Crippen LogP contribution >= 0.6 is 0 Å². The molecule has 0 saturated carbocycles. The van der Waals surface area contributed by atoms with Gasteiger partial charge in [0, 0.05) is 19.0 Å². The predicted octanol–water partition coefficient (Wildman–Crippen LogP) is 4.16. The molecule has 0 amide bonds. The van der Waals surface area contributed by atoms with Gasteiger partial charge < -0.3 is 9.47 Å². The SMILES string of the molecule is COc1ccc(NS(=O)(=O)N2CCOC(C(c3ccc(F)cc3)c3ccc(F)cc3)C2)cc1. The smallest absolute Gasteiger partial charge is 0.301 e. The average molecular weight is 475 g/mol. The van der Waals surface area contributed by atoms with Gasteiger partial charge in [0.1, 0.15) is 17.4 Å². The Labute approximate surface area is 191 Å². The number of benzene rings is 3. The van der Waals surface area contributed by atoms with Crippen LogP contribution in [-0.2, 0) is 14.9 Å². The first-order valence-electron chi connectivity index (χ1n) is 10.4. The van der Waals surface area contributed by atoms with Crippen LogP contribution in [-0.4, -0.2) is 45.6 Å². The quantitative estimate of drug-likeness (QED) is 0.558. The van der Waals surface area contributed by atoms with Crippen molar-refractivity contribution in [3.05, 3.63) is 95.6 Å². The molecule has 9 heteroatoms. The highest BCUT2D eigenvalue weighted by molar-refractivity contribution is 7.90. The summed E-state index contributed by atoms with van der Waals surface area (Å²) in [5.74, 6) is -0.556. The highest BCUT2D eigenvalue weighted by atomic mass is 32.2. The molecule has 0 spiro atoms. The summed E-state index contributed by atoms with van der Waals surface area (Å²) in [6, 6.07) is 18.5. The molecule has 1 unspecified atom stereocenters. The molecule has 1 atom stereocenters. The van der Waals surface area contributed by atoms with Gasteiger partial charge >= 0.3 is 10.2 Å². The molecule has 1 fully saturated rings. The van der Waals surface area contributed by atoms with Crippen LogP contribution in [0.25, 0.3) is 0 Å². The van der Waals surface area contributed by atoms with Crippen molar-refractivity contribution in [1.29, 1.82) is 0 Å². The molecule has 1 aliphatic rings. The van der Waals surface area contributed by atoms with Gasteiger partial charge in [-0.25, -0.2) is 8.78 Å². The Morgan fingerprint density at radius 3 is 2.00 bits per heavy atom. The fourth-order valence-corrected chi connectivity index (χ4v) is 5.13. The lowest BCUT2D eigenvalue weighted by Gasteiger charge is -2.36. The molecule has 4 rings (SSSR count). The third kappa shape index (κ3) is 5.50. The van der Waals surface area contributed by atoms with E-state index in [2.05, 4.69) is 4.72 Å². The van der Waals surface area contributed by atoms with Gasteiger partial charge in [0.05, 0.1) is 25.5 Å². The number of ether oxygens (including phenoxy) is 2. The summed E-state index contributed by atoms with van der Waals surface area (Å²) >= 11 is 0. The van der Waals surface area contributed by atoms with E-state index in [4.69, 9.17) is 9.47 Å². The Hall–Kier alpha value is -3.01. The van der Waals surface area contributed by atoms with E-state index in [-0.39, 0.29) is 31.3 Å². The summed E-state index contributed by atoms with van der Waals surface area (Å²) in [5.41, 5.74) is 1.90. The molecule has 0 aliphatic carbocycles. The van der Waals surface area contributed by atoms with E-state index >= 15 is 0 Å². The molecule has 1 saturated heterocycles. The van der Waals surface area contributed by atoms with Crippen molar-refractivity contribution in [3.63, 3.8) is 0 Å². The second-order valence-corrected chi connectivity index (χ2v) is 9.35. The van der Waals surface area contributed by atoms with E-state index in [1.807, 2.05) is 0 Å². The van der Waals surface area contributed by atoms with Gasteiger partial charge in [-0.05, 0) is 59.7 Å². The monoisotopic (exact) mass is 474 g/mol. The number of anilines is 1. The topological polar surface area (TPSA) is 67.9 Å². The number of nitrogens with one attached hydrogen (secondary N) is 1. The fourth-order valence-electron chi connectivity index (χ4n) is 3.91. The number of methoxy groups -OCH3 is 1. The van der Waals surface area contributed by atoms with Gasteiger partial charge in [-0.2, -0.15) is 12.7 Å². The zero-order valence-electron chi connectivity index (χ0n) is 17.9. The van der Waals surface area contributed by atoms with E-state index < -0.39 is 22.2 Å². The van der Waals surface area contributed by atoms with Gasteiger partial charge in [-0.1, -0.05) is 24.3 Å². The Bertz CT molecular complexity index is 1130. The zero-order chi connectivity index (χ0) is 23.4. The molecule has 1 heterocycles. The zero-order valence-corrected chi connectivity index (χ0v) is 18.8. The standard InChI is InChI=1S/C24H24F2N2O4S/c1-31-22-12-10-21(11-13-22)27-33(29,30)28-14-15-32-23(16-28)24(17-2-6-19(25)7-3-17)18-4-8-20(26)9-5-18/h2-13,23-24,27H,14-16H2,1H3. The number of halogens is 2. The molecule has 3 aromatic carbocycles. The van der Waals surface area contributed by atoms with E-state index in [0.717, 1.165) is 11.1 Å². The van der Waals surface area contributed by atoms with Crippen LogP contribution in [0.3, 0.4) is 0 Å². The van der Waals surface area contributed by atoms with E-state index in [1.54, 1.807) is 48.5 Å². The summed E-state index contributed by atoms with van der Waals surface area (Å²) in [6.45, 7) is 0.444. The number of hydrogen-bond acceptors (Lipinski definition) is 4.